The molecule has 2 aromatic carbocycles. The zero-order valence-corrected chi connectivity index (χ0v) is 21.2. The van der Waals surface area contributed by atoms with Gasteiger partial charge >= 0.3 is 0 Å². The first-order valence-corrected chi connectivity index (χ1v) is 11.9. The van der Waals surface area contributed by atoms with E-state index in [2.05, 4.69) is 26.1 Å². The molecule has 182 valence electrons. The normalized spacial score (nSPS) is 14.9. The molecule has 0 radical (unpaired) electrons. The fourth-order valence-electron chi connectivity index (χ4n) is 3.46. The van der Waals surface area contributed by atoms with Crippen LogP contribution in [0.1, 0.15) is 52.2 Å². The molecule has 1 aliphatic heterocycles. The predicted molar refractivity (Wildman–Crippen MR) is 136 cm³/mol. The fourth-order valence-corrected chi connectivity index (χ4v) is 3.59. The Balaban J connectivity index is 1.84. The number of hydrogen-bond acceptors (Lipinski definition) is 4. The van der Waals surface area contributed by atoms with Crippen LogP contribution in [0.4, 0.5) is 5.69 Å². The largest absolute Gasteiger partial charge is 0.449 e. The number of ether oxygens (including phenoxy) is 2. The number of rotatable bonds is 8. The van der Waals surface area contributed by atoms with E-state index in [1.807, 2.05) is 32.0 Å². The summed E-state index contributed by atoms with van der Waals surface area (Å²) in [5.74, 6) is 0.0759. The van der Waals surface area contributed by atoms with Crippen LogP contribution in [0.25, 0.3) is 6.08 Å². The Hall–Kier alpha value is -2.83. The van der Waals surface area contributed by atoms with Gasteiger partial charge in [-0.3, -0.25) is 14.5 Å². The van der Waals surface area contributed by atoms with E-state index < -0.39 is 0 Å². The van der Waals surface area contributed by atoms with Crippen molar-refractivity contribution in [1.29, 1.82) is 0 Å². The molecule has 0 aliphatic carbocycles. The van der Waals surface area contributed by atoms with Crippen molar-refractivity contribution in [3.63, 3.8) is 0 Å². The standard InChI is InChI=1S/C27H33ClN2O4/c1-18(2)33-14-6-13-29-25(31)17-30-22-16-20(27(3,4)5)9-12-23(22)34-24(26(30)32)15-19-7-10-21(28)11-8-19/h7-12,15-16,18H,6,13-14,17H2,1-5H3,(H,29,31)/b24-15+. The quantitative estimate of drug-likeness (QED) is 0.406. The second kappa shape index (κ2) is 11.1. The van der Waals surface area contributed by atoms with Gasteiger partial charge in [0, 0.05) is 18.2 Å². The van der Waals surface area contributed by atoms with Crippen molar-refractivity contribution < 1.29 is 19.1 Å². The molecular formula is C27H33ClN2O4. The number of carbonyl (C=O) groups is 2. The zero-order chi connectivity index (χ0) is 24.9. The van der Waals surface area contributed by atoms with Crippen LogP contribution in [-0.4, -0.2) is 37.6 Å². The SMILES string of the molecule is CC(C)OCCCNC(=O)CN1C(=O)/C(=C\c2ccc(Cl)cc2)Oc2ccc(C(C)(C)C)cc21. The van der Waals surface area contributed by atoms with Crippen LogP contribution in [0, 0.1) is 0 Å². The first kappa shape index (κ1) is 25.8. The molecule has 6 nitrogen and oxygen atoms in total. The summed E-state index contributed by atoms with van der Waals surface area (Å²) in [5, 5.41) is 3.49. The number of nitrogens with zero attached hydrogens (tertiary/aromatic N) is 1. The average Bonchev–Trinajstić information content (AvgIpc) is 2.76. The molecular weight excluding hydrogens is 452 g/mol. The van der Waals surface area contributed by atoms with Crippen LogP contribution in [0.5, 0.6) is 5.75 Å². The van der Waals surface area contributed by atoms with Crippen LogP contribution in [0.2, 0.25) is 5.02 Å². The molecule has 34 heavy (non-hydrogen) atoms. The summed E-state index contributed by atoms with van der Waals surface area (Å²) in [4.78, 5) is 27.6. The summed E-state index contributed by atoms with van der Waals surface area (Å²) in [6.07, 6.45) is 2.52. The van der Waals surface area contributed by atoms with Crippen molar-refractivity contribution in [2.75, 3.05) is 24.6 Å². The topological polar surface area (TPSA) is 67.9 Å². The Kier molecular flexibility index (Phi) is 8.39. The van der Waals surface area contributed by atoms with Gasteiger partial charge in [-0.15, -0.1) is 0 Å². The molecule has 1 aliphatic rings. The lowest BCUT2D eigenvalue weighted by Crippen LogP contribution is -2.44. The molecule has 2 amide bonds. The Labute approximate surface area is 206 Å². The van der Waals surface area contributed by atoms with Crippen molar-refractivity contribution in [2.24, 2.45) is 0 Å². The summed E-state index contributed by atoms with van der Waals surface area (Å²) in [5.41, 5.74) is 2.28. The van der Waals surface area contributed by atoms with Gasteiger partial charge in [-0.1, -0.05) is 50.6 Å². The molecule has 3 rings (SSSR count). The van der Waals surface area contributed by atoms with Gasteiger partial charge in [0.05, 0.1) is 11.8 Å². The molecule has 0 spiro atoms. The maximum absolute atomic E-state index is 13.4. The highest BCUT2D eigenvalue weighted by molar-refractivity contribution is 6.30. The van der Waals surface area contributed by atoms with Crippen LogP contribution >= 0.6 is 11.6 Å². The third-order valence-corrected chi connectivity index (χ3v) is 5.61. The number of amides is 2. The molecule has 0 bridgehead atoms. The highest BCUT2D eigenvalue weighted by Gasteiger charge is 2.33. The van der Waals surface area contributed by atoms with Crippen molar-refractivity contribution >= 4 is 35.2 Å². The number of halogens is 1. The van der Waals surface area contributed by atoms with Gasteiger partial charge in [-0.25, -0.2) is 0 Å². The van der Waals surface area contributed by atoms with Gasteiger partial charge in [0.2, 0.25) is 5.91 Å². The monoisotopic (exact) mass is 484 g/mol. The Bertz CT molecular complexity index is 1060. The van der Waals surface area contributed by atoms with Crippen molar-refractivity contribution in [2.45, 2.75) is 52.6 Å². The molecule has 0 saturated heterocycles. The minimum absolute atomic E-state index is 0.105. The number of anilines is 1. The van der Waals surface area contributed by atoms with Crippen LogP contribution in [0.3, 0.4) is 0 Å². The molecule has 0 unspecified atom stereocenters. The van der Waals surface area contributed by atoms with E-state index in [1.54, 1.807) is 30.3 Å². The average molecular weight is 485 g/mol. The third-order valence-electron chi connectivity index (χ3n) is 5.36. The lowest BCUT2D eigenvalue weighted by atomic mass is 9.86. The number of carbonyl (C=O) groups excluding carboxylic acids is 2. The van der Waals surface area contributed by atoms with Crippen LogP contribution in [-0.2, 0) is 19.7 Å². The maximum atomic E-state index is 13.4. The minimum Gasteiger partial charge on any atom is -0.449 e. The van der Waals surface area contributed by atoms with E-state index in [0.717, 1.165) is 11.1 Å². The van der Waals surface area contributed by atoms with Gasteiger partial charge < -0.3 is 14.8 Å². The maximum Gasteiger partial charge on any atom is 0.294 e. The van der Waals surface area contributed by atoms with Crippen molar-refractivity contribution in [1.82, 2.24) is 5.32 Å². The van der Waals surface area contributed by atoms with Crippen molar-refractivity contribution in [3.8, 4) is 5.75 Å². The molecule has 2 aromatic rings. The smallest absolute Gasteiger partial charge is 0.294 e. The van der Waals surface area contributed by atoms with Crippen LogP contribution < -0.4 is 15.0 Å². The second-order valence-corrected chi connectivity index (χ2v) is 10.0. The molecule has 1 N–H and O–H groups in total. The van der Waals surface area contributed by atoms with E-state index in [1.165, 1.54) is 4.90 Å². The number of hydrogen-bond donors (Lipinski definition) is 1. The van der Waals surface area contributed by atoms with Gasteiger partial charge in [0.1, 0.15) is 6.54 Å². The third kappa shape index (κ3) is 6.84. The minimum atomic E-state index is -0.369. The van der Waals surface area contributed by atoms with Gasteiger partial charge in [0.15, 0.2) is 11.5 Å². The zero-order valence-electron chi connectivity index (χ0n) is 20.5. The highest BCUT2D eigenvalue weighted by atomic mass is 35.5. The Morgan fingerprint density at radius 1 is 1.18 bits per heavy atom. The van der Waals surface area contributed by atoms with E-state index in [4.69, 9.17) is 21.1 Å². The Morgan fingerprint density at radius 3 is 2.53 bits per heavy atom. The molecule has 0 saturated carbocycles. The molecule has 0 aromatic heterocycles. The molecule has 7 heteroatoms. The molecule has 0 atom stereocenters. The van der Waals surface area contributed by atoms with E-state index >= 15 is 0 Å². The summed E-state index contributed by atoms with van der Waals surface area (Å²) >= 11 is 5.98. The number of nitrogens with one attached hydrogen (secondary N) is 1. The van der Waals surface area contributed by atoms with Crippen LogP contribution in [0.15, 0.2) is 48.2 Å². The lowest BCUT2D eigenvalue weighted by molar-refractivity contribution is -0.123. The summed E-state index contributed by atoms with van der Waals surface area (Å²) in [6, 6.07) is 12.9. The van der Waals surface area contributed by atoms with E-state index in [-0.39, 0.29) is 35.6 Å². The fraction of sp³-hybridized carbons (Fsp3) is 0.407. The van der Waals surface area contributed by atoms with E-state index in [9.17, 15) is 9.59 Å². The number of fused-ring (bicyclic) bond motifs is 1. The van der Waals surface area contributed by atoms with Crippen molar-refractivity contribution in [3.05, 3.63) is 64.4 Å². The second-order valence-electron chi connectivity index (χ2n) is 9.61. The summed E-state index contributed by atoms with van der Waals surface area (Å²) < 4.78 is 11.5. The van der Waals surface area contributed by atoms with Gasteiger partial charge in [-0.2, -0.15) is 0 Å². The number of benzene rings is 2. The first-order valence-electron chi connectivity index (χ1n) is 11.5. The summed E-state index contributed by atoms with van der Waals surface area (Å²) in [7, 11) is 0. The Morgan fingerprint density at radius 2 is 1.88 bits per heavy atom. The lowest BCUT2D eigenvalue weighted by Gasteiger charge is -2.32. The predicted octanol–water partition coefficient (Wildman–Crippen LogP) is 5.34. The summed E-state index contributed by atoms with van der Waals surface area (Å²) in [6.45, 7) is 11.2. The molecule has 0 fully saturated rings. The first-order chi connectivity index (χ1) is 16.0. The molecule has 1 heterocycles. The van der Waals surface area contributed by atoms with Gasteiger partial charge in [-0.05, 0) is 67.2 Å². The van der Waals surface area contributed by atoms with Gasteiger partial charge in [0.25, 0.3) is 5.91 Å². The van der Waals surface area contributed by atoms with E-state index in [0.29, 0.717) is 36.0 Å². The highest BCUT2D eigenvalue weighted by Crippen LogP contribution is 2.39.